The second-order valence-corrected chi connectivity index (χ2v) is 8.62. The number of hydrogen-bond donors (Lipinski definition) is 2. The molecule has 1 aliphatic rings. The maximum atomic E-state index is 5.48. The van der Waals surface area contributed by atoms with Crippen LogP contribution in [0.1, 0.15) is 42.5 Å². The third kappa shape index (κ3) is 6.97. The summed E-state index contributed by atoms with van der Waals surface area (Å²) in [6.07, 6.45) is 2.52. The second-order valence-electron chi connectivity index (χ2n) is 8.62. The fourth-order valence-corrected chi connectivity index (χ4v) is 4.27. The van der Waals surface area contributed by atoms with Gasteiger partial charge in [-0.1, -0.05) is 36.4 Å². The fraction of sp³-hybridized carbons (Fsp3) is 0.500. The summed E-state index contributed by atoms with van der Waals surface area (Å²) >= 11 is 0. The Balaban J connectivity index is 1.73. The molecule has 32 heavy (non-hydrogen) atoms. The summed E-state index contributed by atoms with van der Waals surface area (Å²) in [5.74, 6) is 1.77. The van der Waals surface area contributed by atoms with Crippen LogP contribution >= 0.6 is 0 Å². The minimum atomic E-state index is 0.289. The van der Waals surface area contributed by atoms with Crippen LogP contribution in [0.3, 0.4) is 0 Å². The zero-order valence-electron chi connectivity index (χ0n) is 20.1. The summed E-state index contributed by atoms with van der Waals surface area (Å²) < 4.78 is 5.48. The Morgan fingerprint density at radius 1 is 1.06 bits per heavy atom. The highest BCUT2D eigenvalue weighted by atomic mass is 16.5. The van der Waals surface area contributed by atoms with E-state index in [9.17, 15) is 0 Å². The van der Waals surface area contributed by atoms with Crippen molar-refractivity contribution in [3.05, 3.63) is 65.2 Å². The van der Waals surface area contributed by atoms with Gasteiger partial charge in [0.25, 0.3) is 0 Å². The van der Waals surface area contributed by atoms with Crippen LogP contribution in [-0.2, 0) is 13.1 Å². The smallest absolute Gasteiger partial charge is 0.191 e. The largest absolute Gasteiger partial charge is 0.497 e. The zero-order valence-corrected chi connectivity index (χ0v) is 20.1. The molecule has 0 amide bonds. The highest BCUT2D eigenvalue weighted by molar-refractivity contribution is 5.79. The SMILES string of the molecule is CCNC(=NCc1ccccc1CN(C)C)NCC(c1cccc(OC)c1)N1CCCC1. The average molecular weight is 438 g/mol. The number of hydrogen-bond acceptors (Lipinski definition) is 4. The molecular weight excluding hydrogens is 398 g/mol. The van der Waals surface area contributed by atoms with Crippen molar-refractivity contribution >= 4 is 5.96 Å². The van der Waals surface area contributed by atoms with Gasteiger partial charge in [-0.15, -0.1) is 0 Å². The van der Waals surface area contributed by atoms with Crippen molar-refractivity contribution in [2.75, 3.05) is 47.4 Å². The first kappa shape index (κ1) is 24.1. The topological polar surface area (TPSA) is 52.1 Å². The number of aliphatic imine (C=N–C) groups is 1. The van der Waals surface area contributed by atoms with E-state index in [0.717, 1.165) is 44.4 Å². The van der Waals surface area contributed by atoms with Crippen LogP contribution < -0.4 is 15.4 Å². The Morgan fingerprint density at radius 2 is 1.81 bits per heavy atom. The number of guanidine groups is 1. The summed E-state index contributed by atoms with van der Waals surface area (Å²) in [5.41, 5.74) is 3.87. The normalized spacial score (nSPS) is 15.7. The highest BCUT2D eigenvalue weighted by Crippen LogP contribution is 2.27. The molecule has 1 heterocycles. The molecule has 0 aliphatic carbocycles. The van der Waals surface area contributed by atoms with E-state index in [4.69, 9.17) is 9.73 Å². The number of benzene rings is 2. The van der Waals surface area contributed by atoms with Gasteiger partial charge >= 0.3 is 0 Å². The zero-order chi connectivity index (χ0) is 22.8. The van der Waals surface area contributed by atoms with E-state index < -0.39 is 0 Å². The maximum Gasteiger partial charge on any atom is 0.191 e. The Hall–Kier alpha value is -2.57. The minimum absolute atomic E-state index is 0.289. The Labute approximate surface area is 193 Å². The second kappa shape index (κ2) is 12.5. The molecule has 0 saturated carbocycles. The lowest BCUT2D eigenvalue weighted by Gasteiger charge is -2.29. The van der Waals surface area contributed by atoms with E-state index in [2.05, 4.69) is 83.9 Å². The molecule has 0 radical (unpaired) electrons. The highest BCUT2D eigenvalue weighted by Gasteiger charge is 2.24. The summed E-state index contributed by atoms with van der Waals surface area (Å²) in [6, 6.07) is 17.3. The number of likely N-dealkylation sites (tertiary alicyclic amines) is 1. The van der Waals surface area contributed by atoms with Crippen molar-refractivity contribution in [1.82, 2.24) is 20.4 Å². The Bertz CT molecular complexity index is 861. The van der Waals surface area contributed by atoms with Crippen LogP contribution in [0.5, 0.6) is 5.75 Å². The van der Waals surface area contributed by atoms with Crippen LogP contribution in [0.15, 0.2) is 53.5 Å². The van der Waals surface area contributed by atoms with Crippen LogP contribution in [0.2, 0.25) is 0 Å². The molecular formula is C26H39N5O. The van der Waals surface area contributed by atoms with Gasteiger partial charge in [-0.3, -0.25) is 4.90 Å². The summed E-state index contributed by atoms with van der Waals surface area (Å²) in [6.45, 7) is 7.59. The predicted octanol–water partition coefficient (Wildman–Crippen LogP) is 3.65. The van der Waals surface area contributed by atoms with E-state index in [1.807, 2.05) is 6.07 Å². The first-order chi connectivity index (χ1) is 15.6. The van der Waals surface area contributed by atoms with Gasteiger partial charge in [0.05, 0.1) is 19.7 Å². The maximum absolute atomic E-state index is 5.48. The number of ether oxygens (including phenoxy) is 1. The van der Waals surface area contributed by atoms with Crippen molar-refractivity contribution in [3.8, 4) is 5.75 Å². The van der Waals surface area contributed by atoms with E-state index in [1.54, 1.807) is 7.11 Å². The molecule has 174 valence electrons. The van der Waals surface area contributed by atoms with Gasteiger partial charge in [-0.25, -0.2) is 4.99 Å². The van der Waals surface area contributed by atoms with E-state index >= 15 is 0 Å². The molecule has 1 saturated heterocycles. The number of nitrogens with zero attached hydrogens (tertiary/aromatic N) is 3. The van der Waals surface area contributed by atoms with Crippen LogP contribution in [0.4, 0.5) is 0 Å². The lowest BCUT2D eigenvalue weighted by atomic mass is 10.1. The van der Waals surface area contributed by atoms with Gasteiger partial charge in [0, 0.05) is 19.6 Å². The van der Waals surface area contributed by atoms with Gasteiger partial charge in [0.15, 0.2) is 5.96 Å². The summed E-state index contributed by atoms with van der Waals surface area (Å²) in [4.78, 5) is 9.67. The van der Waals surface area contributed by atoms with Crippen molar-refractivity contribution in [2.24, 2.45) is 4.99 Å². The number of methoxy groups -OCH3 is 1. The molecule has 0 bridgehead atoms. The van der Waals surface area contributed by atoms with E-state index in [1.165, 1.54) is 29.5 Å². The van der Waals surface area contributed by atoms with Crippen molar-refractivity contribution in [2.45, 2.75) is 38.9 Å². The molecule has 1 unspecified atom stereocenters. The van der Waals surface area contributed by atoms with E-state index in [-0.39, 0.29) is 6.04 Å². The van der Waals surface area contributed by atoms with Gasteiger partial charge < -0.3 is 20.3 Å². The third-order valence-corrected chi connectivity index (χ3v) is 5.88. The van der Waals surface area contributed by atoms with Gasteiger partial charge in [-0.2, -0.15) is 0 Å². The molecule has 0 aromatic heterocycles. The predicted molar refractivity (Wildman–Crippen MR) is 133 cm³/mol. The van der Waals surface area contributed by atoms with Crippen LogP contribution in [0, 0.1) is 0 Å². The fourth-order valence-electron chi connectivity index (χ4n) is 4.27. The van der Waals surface area contributed by atoms with Crippen molar-refractivity contribution in [3.63, 3.8) is 0 Å². The molecule has 1 atom stereocenters. The molecule has 6 heteroatoms. The van der Waals surface area contributed by atoms with Crippen LogP contribution in [0.25, 0.3) is 0 Å². The summed E-state index contributed by atoms with van der Waals surface area (Å²) in [7, 11) is 5.93. The van der Waals surface area contributed by atoms with Gasteiger partial charge in [-0.05, 0) is 75.8 Å². The molecule has 3 rings (SSSR count). The number of nitrogens with one attached hydrogen (secondary N) is 2. The Morgan fingerprint density at radius 3 is 2.50 bits per heavy atom. The van der Waals surface area contributed by atoms with Crippen molar-refractivity contribution < 1.29 is 4.74 Å². The molecule has 2 aromatic carbocycles. The number of rotatable bonds is 10. The van der Waals surface area contributed by atoms with E-state index in [0.29, 0.717) is 6.54 Å². The molecule has 2 N–H and O–H groups in total. The average Bonchev–Trinajstić information content (AvgIpc) is 3.33. The molecule has 1 fully saturated rings. The standard InChI is InChI=1S/C26H39N5O/c1-5-27-26(28-18-22-11-6-7-12-23(22)20-30(2)3)29-19-25(31-15-8-9-16-31)21-13-10-14-24(17-21)32-4/h6-7,10-14,17,25H,5,8-9,15-16,18-20H2,1-4H3,(H2,27,28,29). The lowest BCUT2D eigenvalue weighted by molar-refractivity contribution is 0.245. The first-order valence-electron chi connectivity index (χ1n) is 11.7. The van der Waals surface area contributed by atoms with Gasteiger partial charge in [0.1, 0.15) is 5.75 Å². The van der Waals surface area contributed by atoms with Crippen molar-refractivity contribution in [1.29, 1.82) is 0 Å². The molecule has 2 aromatic rings. The first-order valence-corrected chi connectivity index (χ1v) is 11.7. The summed E-state index contributed by atoms with van der Waals surface area (Å²) in [5, 5.41) is 7.03. The molecule has 1 aliphatic heterocycles. The lowest BCUT2D eigenvalue weighted by Crippen LogP contribution is -2.42. The third-order valence-electron chi connectivity index (χ3n) is 5.88. The quantitative estimate of drug-likeness (QED) is 0.439. The monoisotopic (exact) mass is 437 g/mol. The minimum Gasteiger partial charge on any atom is -0.497 e. The molecule has 6 nitrogen and oxygen atoms in total. The van der Waals surface area contributed by atoms with Gasteiger partial charge in [0.2, 0.25) is 0 Å². The molecule has 0 spiro atoms. The Kier molecular flexibility index (Phi) is 9.38. The van der Waals surface area contributed by atoms with Crippen LogP contribution in [-0.4, -0.2) is 63.1 Å².